The highest BCUT2D eigenvalue weighted by Gasteiger charge is 2.24. The number of nitrogens with two attached hydrogens (primary N) is 1. The molecule has 1 aromatic carbocycles. The Kier molecular flexibility index (Phi) is 4.39. The molecule has 19 heavy (non-hydrogen) atoms. The number of hydrogen-bond donors (Lipinski definition) is 3. The lowest BCUT2D eigenvalue weighted by molar-refractivity contribution is -0.131. The number of amides is 1. The predicted octanol–water partition coefficient (Wildman–Crippen LogP) is 0.556. The van der Waals surface area contributed by atoms with Crippen molar-refractivity contribution in [1.82, 2.24) is 0 Å². The number of hydrogen-bond acceptors (Lipinski definition) is 4. The van der Waals surface area contributed by atoms with E-state index in [1.807, 2.05) is 18.2 Å². The van der Waals surface area contributed by atoms with Gasteiger partial charge in [-0.15, -0.1) is 0 Å². The van der Waals surface area contributed by atoms with E-state index >= 15 is 0 Å². The molecule has 0 aliphatic carbocycles. The van der Waals surface area contributed by atoms with Gasteiger partial charge in [-0.25, -0.2) is 0 Å². The molecule has 1 amide bonds. The molecule has 1 aliphatic rings. The highest BCUT2D eigenvalue weighted by atomic mass is 16.3. The average molecular weight is 264 g/mol. The van der Waals surface area contributed by atoms with Crippen LogP contribution in [0.1, 0.15) is 30.9 Å². The molecule has 1 heterocycles. The minimum Gasteiger partial charge on any atom is -0.385 e. The number of benzene rings is 1. The summed E-state index contributed by atoms with van der Waals surface area (Å²) >= 11 is 0. The van der Waals surface area contributed by atoms with Crippen LogP contribution in [0.25, 0.3) is 0 Å². The first kappa shape index (κ1) is 13.8. The van der Waals surface area contributed by atoms with E-state index in [1.165, 1.54) is 6.42 Å². The lowest BCUT2D eigenvalue weighted by Crippen LogP contribution is -2.34. The van der Waals surface area contributed by atoms with Crippen LogP contribution >= 0.6 is 0 Å². The molecule has 0 spiro atoms. The molecule has 0 bridgehead atoms. The number of carbonyl (C=O) groups excluding carboxylic acids is 1. The van der Waals surface area contributed by atoms with Crippen molar-refractivity contribution in [3.63, 3.8) is 0 Å². The van der Waals surface area contributed by atoms with Gasteiger partial charge < -0.3 is 20.8 Å². The van der Waals surface area contributed by atoms with Crippen molar-refractivity contribution in [2.24, 2.45) is 5.73 Å². The number of nitrogens with zero attached hydrogens (tertiary/aromatic N) is 1. The fourth-order valence-corrected chi connectivity index (χ4v) is 2.40. The molecular formula is C14H20N2O3. The Bertz CT molecular complexity index is 444. The van der Waals surface area contributed by atoms with Crippen LogP contribution in [0.15, 0.2) is 24.3 Å². The van der Waals surface area contributed by atoms with E-state index in [0.29, 0.717) is 5.56 Å². The SMILES string of the molecule is NC(=O)C(O)C(O)c1cccc(N2CCCCC2)c1. The standard InChI is InChI=1S/C14H20N2O3/c15-14(19)13(18)12(17)10-5-4-6-11(9-10)16-7-2-1-3-8-16/h4-6,9,12-13,17-18H,1-3,7-8H2,(H2,15,19). The number of primary amides is 1. The molecule has 4 N–H and O–H groups in total. The summed E-state index contributed by atoms with van der Waals surface area (Å²) in [5.74, 6) is -0.920. The lowest BCUT2D eigenvalue weighted by atomic mass is 10.0. The summed E-state index contributed by atoms with van der Waals surface area (Å²) in [5, 5.41) is 19.4. The third-order valence-corrected chi connectivity index (χ3v) is 3.52. The van der Waals surface area contributed by atoms with Gasteiger partial charge in [0.1, 0.15) is 6.10 Å². The van der Waals surface area contributed by atoms with E-state index in [-0.39, 0.29) is 0 Å². The normalized spacial score (nSPS) is 18.9. The van der Waals surface area contributed by atoms with Gasteiger partial charge in [-0.05, 0) is 37.0 Å². The lowest BCUT2D eigenvalue weighted by Gasteiger charge is -2.29. The second-order valence-electron chi connectivity index (χ2n) is 4.93. The number of rotatable bonds is 4. The molecule has 104 valence electrons. The van der Waals surface area contributed by atoms with Crippen LogP contribution in [-0.4, -0.2) is 35.3 Å². The Balaban J connectivity index is 2.16. The maximum absolute atomic E-state index is 10.9. The summed E-state index contributed by atoms with van der Waals surface area (Å²) in [4.78, 5) is 13.1. The second kappa shape index (κ2) is 6.04. The van der Waals surface area contributed by atoms with Crippen molar-refractivity contribution < 1.29 is 15.0 Å². The molecule has 5 heteroatoms. The maximum atomic E-state index is 10.9. The summed E-state index contributed by atoms with van der Waals surface area (Å²) in [6.07, 6.45) is 0.728. The van der Waals surface area contributed by atoms with Gasteiger partial charge in [0.15, 0.2) is 6.10 Å². The molecule has 1 aliphatic heterocycles. The van der Waals surface area contributed by atoms with Gasteiger partial charge in [0, 0.05) is 18.8 Å². The zero-order chi connectivity index (χ0) is 13.8. The van der Waals surface area contributed by atoms with Crippen LogP contribution in [0.4, 0.5) is 5.69 Å². The van der Waals surface area contributed by atoms with Crippen LogP contribution in [0.2, 0.25) is 0 Å². The monoisotopic (exact) mass is 264 g/mol. The maximum Gasteiger partial charge on any atom is 0.249 e. The van der Waals surface area contributed by atoms with Crippen molar-refractivity contribution in [3.8, 4) is 0 Å². The smallest absolute Gasteiger partial charge is 0.249 e. The fourth-order valence-electron chi connectivity index (χ4n) is 2.40. The number of aliphatic hydroxyl groups is 2. The van der Waals surface area contributed by atoms with E-state index in [2.05, 4.69) is 4.90 Å². The van der Waals surface area contributed by atoms with Gasteiger partial charge in [0.2, 0.25) is 5.91 Å². The molecule has 0 radical (unpaired) electrons. The van der Waals surface area contributed by atoms with Gasteiger partial charge in [0.25, 0.3) is 0 Å². The molecule has 2 atom stereocenters. The molecular weight excluding hydrogens is 244 g/mol. The van der Waals surface area contributed by atoms with Crippen molar-refractivity contribution in [2.75, 3.05) is 18.0 Å². The zero-order valence-corrected chi connectivity index (χ0v) is 10.8. The molecule has 0 saturated carbocycles. The molecule has 1 fully saturated rings. The zero-order valence-electron chi connectivity index (χ0n) is 10.8. The van der Waals surface area contributed by atoms with E-state index in [0.717, 1.165) is 31.6 Å². The van der Waals surface area contributed by atoms with Gasteiger partial charge in [-0.1, -0.05) is 12.1 Å². The van der Waals surface area contributed by atoms with Crippen LogP contribution in [-0.2, 0) is 4.79 Å². The Labute approximate surface area is 112 Å². The Morgan fingerprint density at radius 1 is 1.21 bits per heavy atom. The van der Waals surface area contributed by atoms with E-state index in [4.69, 9.17) is 5.73 Å². The first-order valence-electron chi connectivity index (χ1n) is 6.60. The minimum atomic E-state index is -1.57. The van der Waals surface area contributed by atoms with E-state index in [1.54, 1.807) is 6.07 Å². The number of piperidine rings is 1. The quantitative estimate of drug-likeness (QED) is 0.741. The Morgan fingerprint density at radius 2 is 1.89 bits per heavy atom. The number of carbonyl (C=O) groups is 1. The van der Waals surface area contributed by atoms with Crippen LogP contribution in [0.5, 0.6) is 0 Å². The summed E-state index contributed by atoms with van der Waals surface area (Å²) in [7, 11) is 0. The molecule has 2 rings (SSSR count). The van der Waals surface area contributed by atoms with Gasteiger partial charge in [-0.3, -0.25) is 4.79 Å². The van der Waals surface area contributed by atoms with E-state index in [9.17, 15) is 15.0 Å². The topological polar surface area (TPSA) is 86.8 Å². The highest BCUT2D eigenvalue weighted by Crippen LogP contribution is 2.25. The van der Waals surface area contributed by atoms with Crippen molar-refractivity contribution in [1.29, 1.82) is 0 Å². The van der Waals surface area contributed by atoms with Crippen LogP contribution in [0.3, 0.4) is 0 Å². The van der Waals surface area contributed by atoms with Gasteiger partial charge >= 0.3 is 0 Å². The third-order valence-electron chi connectivity index (χ3n) is 3.52. The van der Waals surface area contributed by atoms with Gasteiger partial charge in [-0.2, -0.15) is 0 Å². The summed E-state index contributed by atoms with van der Waals surface area (Å²) < 4.78 is 0. The number of anilines is 1. The van der Waals surface area contributed by atoms with Gasteiger partial charge in [0.05, 0.1) is 0 Å². The predicted molar refractivity (Wildman–Crippen MR) is 72.7 cm³/mol. The summed E-state index contributed by atoms with van der Waals surface area (Å²) in [5.41, 5.74) is 6.51. The van der Waals surface area contributed by atoms with Crippen molar-refractivity contribution >= 4 is 11.6 Å². The van der Waals surface area contributed by atoms with Crippen LogP contribution in [0, 0.1) is 0 Å². The van der Waals surface area contributed by atoms with E-state index < -0.39 is 18.1 Å². The molecule has 1 saturated heterocycles. The van der Waals surface area contributed by atoms with Crippen molar-refractivity contribution in [2.45, 2.75) is 31.5 Å². The average Bonchev–Trinajstić information content (AvgIpc) is 2.46. The first-order valence-corrected chi connectivity index (χ1v) is 6.60. The molecule has 2 unspecified atom stereocenters. The molecule has 1 aromatic rings. The fraction of sp³-hybridized carbons (Fsp3) is 0.500. The molecule has 5 nitrogen and oxygen atoms in total. The minimum absolute atomic E-state index is 0.509. The third kappa shape index (κ3) is 3.24. The second-order valence-corrected chi connectivity index (χ2v) is 4.93. The first-order chi connectivity index (χ1) is 9.09. The largest absolute Gasteiger partial charge is 0.385 e. The van der Waals surface area contributed by atoms with Crippen molar-refractivity contribution in [3.05, 3.63) is 29.8 Å². The number of aliphatic hydroxyl groups excluding tert-OH is 2. The highest BCUT2D eigenvalue weighted by molar-refractivity contribution is 5.79. The summed E-state index contributed by atoms with van der Waals surface area (Å²) in [6, 6.07) is 7.28. The summed E-state index contributed by atoms with van der Waals surface area (Å²) in [6.45, 7) is 2.00. The Morgan fingerprint density at radius 3 is 2.53 bits per heavy atom. The van der Waals surface area contributed by atoms with Crippen LogP contribution < -0.4 is 10.6 Å². The molecule has 0 aromatic heterocycles. The Hall–Kier alpha value is -1.59.